The monoisotopic (exact) mass is 316 g/mol. The summed E-state index contributed by atoms with van der Waals surface area (Å²) in [6.45, 7) is 0. The summed E-state index contributed by atoms with van der Waals surface area (Å²) in [6.07, 6.45) is 0. The fourth-order valence-corrected chi connectivity index (χ4v) is 3.82. The highest BCUT2D eigenvalue weighted by atomic mass is 32.2. The zero-order valence-electron chi connectivity index (χ0n) is 12.5. The molecule has 0 N–H and O–H groups in total. The zero-order valence-corrected chi connectivity index (χ0v) is 13.4. The first-order chi connectivity index (χ1) is 11.4. The average Bonchev–Trinajstić information content (AvgIpc) is 3.09. The third kappa shape index (κ3) is 2.88. The zero-order chi connectivity index (χ0) is 15.5. The van der Waals surface area contributed by atoms with E-state index >= 15 is 0 Å². The van der Waals surface area contributed by atoms with E-state index in [0.29, 0.717) is 0 Å². The van der Waals surface area contributed by atoms with Crippen molar-refractivity contribution in [1.29, 1.82) is 0 Å². The van der Waals surface area contributed by atoms with Crippen LogP contribution in [0.5, 0.6) is 0 Å². The van der Waals surface area contributed by atoms with Gasteiger partial charge in [-0.05, 0) is 17.7 Å². The summed E-state index contributed by atoms with van der Waals surface area (Å²) in [5.74, 6) is 0. The van der Waals surface area contributed by atoms with Crippen molar-refractivity contribution in [3.63, 3.8) is 0 Å². The first-order valence-corrected chi connectivity index (χ1v) is 8.50. The lowest BCUT2D eigenvalue weighted by atomic mass is 10.2. The largest absolute Gasteiger partial charge is 0.246 e. The Morgan fingerprint density at radius 1 is 0.696 bits per heavy atom. The molecule has 2 nitrogen and oxygen atoms in total. The van der Waals surface area contributed by atoms with Gasteiger partial charge in [-0.3, -0.25) is 0 Å². The van der Waals surface area contributed by atoms with E-state index in [4.69, 9.17) is 5.10 Å². The Morgan fingerprint density at radius 2 is 1.26 bits per heavy atom. The first kappa shape index (κ1) is 14.1. The summed E-state index contributed by atoms with van der Waals surface area (Å²) in [5, 5.41) is 8.23. The van der Waals surface area contributed by atoms with Gasteiger partial charge in [0.15, 0.2) is 0 Å². The van der Waals surface area contributed by atoms with Gasteiger partial charge in [0.1, 0.15) is 10.4 Å². The van der Waals surface area contributed by atoms with Gasteiger partial charge in [-0.1, -0.05) is 90.6 Å². The minimum absolute atomic E-state index is 0.161. The second-order valence-electron chi connectivity index (χ2n) is 5.33. The van der Waals surface area contributed by atoms with Crippen molar-refractivity contribution in [2.24, 2.45) is 5.10 Å². The Labute approximate surface area is 140 Å². The van der Waals surface area contributed by atoms with Crippen molar-refractivity contribution in [1.82, 2.24) is 0 Å². The van der Waals surface area contributed by atoms with Crippen LogP contribution >= 0.6 is 11.8 Å². The van der Waals surface area contributed by atoms with E-state index in [1.54, 1.807) is 11.8 Å². The maximum absolute atomic E-state index is 4.90. The van der Waals surface area contributed by atoms with E-state index in [0.717, 1.165) is 16.3 Å². The van der Waals surface area contributed by atoms with Crippen LogP contribution in [0.2, 0.25) is 0 Å². The van der Waals surface area contributed by atoms with Gasteiger partial charge in [-0.15, -0.1) is 0 Å². The highest BCUT2D eigenvalue weighted by Gasteiger charge is 2.30. The maximum atomic E-state index is 4.90. The third-order valence-corrected chi connectivity index (χ3v) is 5.01. The Morgan fingerprint density at radius 3 is 1.91 bits per heavy atom. The molecule has 0 saturated carbocycles. The summed E-state index contributed by atoms with van der Waals surface area (Å²) < 4.78 is 0. The van der Waals surface area contributed by atoms with E-state index in [1.807, 2.05) is 12.1 Å². The molecule has 1 heterocycles. The standard InChI is InChI=1S/C20H16N2S/c1-4-10-16(11-5-1)19-21-22(18-14-8-3-9-15-18)20(23-19)17-12-6-2-7-13-17/h1-15,20H. The molecule has 0 aromatic heterocycles. The van der Waals surface area contributed by atoms with Gasteiger partial charge in [-0.2, -0.15) is 5.10 Å². The van der Waals surface area contributed by atoms with Gasteiger partial charge < -0.3 is 0 Å². The third-order valence-electron chi connectivity index (χ3n) is 3.77. The summed E-state index contributed by atoms with van der Waals surface area (Å²) in [6, 6.07) is 31.3. The van der Waals surface area contributed by atoms with Gasteiger partial charge in [-0.25, -0.2) is 5.01 Å². The molecule has 0 fully saturated rings. The molecule has 3 aromatic rings. The van der Waals surface area contributed by atoms with E-state index < -0.39 is 0 Å². The molecule has 3 heteroatoms. The molecule has 0 saturated heterocycles. The number of rotatable bonds is 3. The normalized spacial score (nSPS) is 17.1. The highest BCUT2D eigenvalue weighted by molar-refractivity contribution is 8.15. The van der Waals surface area contributed by atoms with Crippen molar-refractivity contribution < 1.29 is 0 Å². The minimum Gasteiger partial charge on any atom is -0.246 e. The Kier molecular flexibility index (Phi) is 3.86. The van der Waals surface area contributed by atoms with Gasteiger partial charge in [0, 0.05) is 5.56 Å². The van der Waals surface area contributed by atoms with Crippen molar-refractivity contribution in [2.45, 2.75) is 5.37 Å². The molecule has 1 aliphatic rings. The van der Waals surface area contributed by atoms with Gasteiger partial charge in [0.2, 0.25) is 0 Å². The molecule has 0 aliphatic carbocycles. The van der Waals surface area contributed by atoms with Gasteiger partial charge >= 0.3 is 0 Å². The number of nitrogens with zero attached hydrogens (tertiary/aromatic N) is 2. The number of para-hydroxylation sites is 1. The smallest absolute Gasteiger partial charge is 0.129 e. The molecule has 3 aromatic carbocycles. The number of hydrogen-bond acceptors (Lipinski definition) is 3. The summed E-state index contributed by atoms with van der Waals surface area (Å²) in [4.78, 5) is 0. The summed E-state index contributed by atoms with van der Waals surface area (Å²) in [5.41, 5.74) is 3.53. The lowest BCUT2D eigenvalue weighted by Gasteiger charge is -2.22. The van der Waals surface area contributed by atoms with Crippen LogP contribution in [0.4, 0.5) is 5.69 Å². The SMILES string of the molecule is c1ccc(C2=NN(c3ccccc3)C(c3ccccc3)S2)cc1. The highest BCUT2D eigenvalue weighted by Crippen LogP contribution is 2.43. The molecule has 0 bridgehead atoms. The predicted octanol–water partition coefficient (Wildman–Crippen LogP) is 5.30. The van der Waals surface area contributed by atoms with Crippen LogP contribution in [0, 0.1) is 0 Å². The molecular weight excluding hydrogens is 300 g/mol. The van der Waals surface area contributed by atoms with E-state index in [1.165, 1.54) is 5.56 Å². The topological polar surface area (TPSA) is 15.6 Å². The lowest BCUT2D eigenvalue weighted by Crippen LogP contribution is -2.16. The second kappa shape index (κ2) is 6.31. The molecule has 0 amide bonds. The van der Waals surface area contributed by atoms with Gasteiger partial charge in [0.25, 0.3) is 0 Å². The fourth-order valence-electron chi connectivity index (χ4n) is 2.64. The number of hydrogen-bond donors (Lipinski definition) is 0. The van der Waals surface area contributed by atoms with Crippen LogP contribution in [-0.2, 0) is 0 Å². The Balaban J connectivity index is 1.75. The van der Waals surface area contributed by atoms with Crippen LogP contribution in [0.25, 0.3) is 0 Å². The lowest BCUT2D eigenvalue weighted by molar-refractivity contribution is 0.853. The first-order valence-electron chi connectivity index (χ1n) is 7.62. The second-order valence-corrected chi connectivity index (χ2v) is 6.40. The number of anilines is 1. The molecule has 4 rings (SSSR count). The Hall–Kier alpha value is -2.52. The van der Waals surface area contributed by atoms with Crippen LogP contribution in [0.3, 0.4) is 0 Å². The van der Waals surface area contributed by atoms with Crippen molar-refractivity contribution >= 4 is 22.5 Å². The molecular formula is C20H16N2S. The van der Waals surface area contributed by atoms with Crippen LogP contribution in [0.1, 0.15) is 16.5 Å². The van der Waals surface area contributed by atoms with Crippen LogP contribution in [-0.4, -0.2) is 5.04 Å². The fraction of sp³-hybridized carbons (Fsp3) is 0.0500. The molecule has 1 unspecified atom stereocenters. The van der Waals surface area contributed by atoms with Crippen molar-refractivity contribution in [2.75, 3.05) is 5.01 Å². The quantitative estimate of drug-likeness (QED) is 0.651. The molecule has 1 aliphatic heterocycles. The predicted molar refractivity (Wildman–Crippen MR) is 98.7 cm³/mol. The van der Waals surface area contributed by atoms with E-state index in [2.05, 4.69) is 83.9 Å². The maximum Gasteiger partial charge on any atom is 0.129 e. The van der Waals surface area contributed by atoms with Gasteiger partial charge in [0.05, 0.1) is 5.69 Å². The Bertz CT molecular complexity index is 801. The van der Waals surface area contributed by atoms with Crippen molar-refractivity contribution in [3.05, 3.63) is 102 Å². The van der Waals surface area contributed by atoms with E-state index in [-0.39, 0.29) is 5.37 Å². The summed E-state index contributed by atoms with van der Waals surface area (Å²) in [7, 11) is 0. The number of benzene rings is 3. The molecule has 0 radical (unpaired) electrons. The minimum atomic E-state index is 0.161. The molecule has 23 heavy (non-hydrogen) atoms. The molecule has 0 spiro atoms. The average molecular weight is 316 g/mol. The summed E-state index contributed by atoms with van der Waals surface area (Å²) >= 11 is 1.80. The van der Waals surface area contributed by atoms with Crippen LogP contribution in [0.15, 0.2) is 96.1 Å². The number of hydrazone groups is 1. The number of thioether (sulfide) groups is 1. The van der Waals surface area contributed by atoms with Crippen LogP contribution < -0.4 is 5.01 Å². The molecule has 112 valence electrons. The van der Waals surface area contributed by atoms with Crippen molar-refractivity contribution in [3.8, 4) is 0 Å². The van der Waals surface area contributed by atoms with E-state index in [9.17, 15) is 0 Å². The molecule has 1 atom stereocenters.